The Bertz CT molecular complexity index is 588. The van der Waals surface area contributed by atoms with Gasteiger partial charge in [0.15, 0.2) is 0 Å². The molecule has 1 aliphatic carbocycles. The van der Waals surface area contributed by atoms with Crippen LogP contribution in [0.4, 0.5) is 5.69 Å². The number of thiophene rings is 1. The molecule has 3 heteroatoms. The average molecular weight is 292 g/mol. The molecule has 1 aromatic heterocycles. The second-order valence-electron chi connectivity index (χ2n) is 5.41. The lowest BCUT2D eigenvalue weighted by Crippen LogP contribution is -2.09. The van der Waals surface area contributed by atoms with Gasteiger partial charge in [-0.2, -0.15) is 0 Å². The summed E-state index contributed by atoms with van der Waals surface area (Å²) in [5.74, 6) is 0.538. The van der Waals surface area contributed by atoms with E-state index in [1.807, 2.05) is 0 Å². The molecule has 3 rings (SSSR count). The summed E-state index contributed by atoms with van der Waals surface area (Å²) in [4.78, 5) is 1.45. The minimum Gasteiger partial charge on any atom is -0.378 e. The Morgan fingerprint density at radius 1 is 1.32 bits per heavy atom. The van der Waals surface area contributed by atoms with Gasteiger partial charge in [-0.1, -0.05) is 43.6 Å². The molecular weight excluding hydrogens is 274 g/mol. The van der Waals surface area contributed by atoms with Gasteiger partial charge in [-0.25, -0.2) is 0 Å². The fourth-order valence-corrected chi connectivity index (χ4v) is 4.16. The average Bonchev–Trinajstić information content (AvgIpc) is 2.91. The highest BCUT2D eigenvalue weighted by atomic mass is 35.5. The number of nitrogens with one attached hydrogen (secondary N) is 1. The highest BCUT2D eigenvalue weighted by Crippen LogP contribution is 2.41. The molecule has 0 saturated heterocycles. The van der Waals surface area contributed by atoms with Gasteiger partial charge in [-0.05, 0) is 42.0 Å². The standard InChI is InChI=1S/C16H18ClNS/c1-10(2)11-5-3-4-6-13(11)18-14-7-8-15-12(14)9-16(17)19-15/h3-6,9-10,14,18H,7-8H2,1-2H3. The molecule has 1 nitrogen and oxygen atoms in total. The number of halogens is 1. The second kappa shape index (κ2) is 5.18. The third-order valence-electron chi connectivity index (χ3n) is 3.76. The van der Waals surface area contributed by atoms with Crippen LogP contribution in [0.5, 0.6) is 0 Å². The SMILES string of the molecule is CC(C)c1ccccc1NC1CCc2sc(Cl)cc21. The zero-order valence-electron chi connectivity index (χ0n) is 11.2. The maximum atomic E-state index is 6.12. The first-order chi connectivity index (χ1) is 9.15. The Morgan fingerprint density at radius 3 is 2.89 bits per heavy atom. The summed E-state index contributed by atoms with van der Waals surface area (Å²) in [5, 5.41) is 3.71. The van der Waals surface area contributed by atoms with Crippen molar-refractivity contribution in [2.45, 2.75) is 38.6 Å². The van der Waals surface area contributed by atoms with Gasteiger partial charge >= 0.3 is 0 Å². The summed E-state index contributed by atoms with van der Waals surface area (Å²) >= 11 is 7.85. The van der Waals surface area contributed by atoms with Crippen LogP contribution in [0.2, 0.25) is 4.34 Å². The molecule has 19 heavy (non-hydrogen) atoms. The summed E-state index contributed by atoms with van der Waals surface area (Å²) in [5.41, 5.74) is 4.04. The first kappa shape index (κ1) is 13.0. The molecule has 2 aromatic rings. The van der Waals surface area contributed by atoms with Crippen molar-refractivity contribution in [3.8, 4) is 0 Å². The Hall–Kier alpha value is -0.990. The van der Waals surface area contributed by atoms with Crippen LogP contribution in [0.15, 0.2) is 30.3 Å². The predicted molar refractivity (Wildman–Crippen MR) is 84.5 cm³/mol. The molecular formula is C16H18ClNS. The van der Waals surface area contributed by atoms with Crippen LogP contribution in [-0.4, -0.2) is 0 Å². The number of hydrogen-bond acceptors (Lipinski definition) is 2. The fourth-order valence-electron chi connectivity index (χ4n) is 2.80. The van der Waals surface area contributed by atoms with Crippen LogP contribution in [0.1, 0.15) is 48.2 Å². The molecule has 0 saturated carbocycles. The molecule has 0 bridgehead atoms. The molecule has 0 spiro atoms. The molecule has 1 aliphatic rings. The highest BCUT2D eigenvalue weighted by Gasteiger charge is 2.25. The summed E-state index contributed by atoms with van der Waals surface area (Å²) in [6.07, 6.45) is 2.32. The largest absolute Gasteiger partial charge is 0.378 e. The minimum atomic E-state index is 0.415. The van der Waals surface area contributed by atoms with Crippen LogP contribution >= 0.6 is 22.9 Å². The summed E-state index contributed by atoms with van der Waals surface area (Å²) < 4.78 is 0.911. The monoisotopic (exact) mass is 291 g/mol. The van der Waals surface area contributed by atoms with Gasteiger partial charge in [-0.3, -0.25) is 0 Å². The van der Waals surface area contributed by atoms with Crippen LogP contribution in [0.3, 0.4) is 0 Å². The van der Waals surface area contributed by atoms with Crippen molar-refractivity contribution in [3.63, 3.8) is 0 Å². The molecule has 1 aromatic carbocycles. The number of aryl methyl sites for hydroxylation is 1. The first-order valence-corrected chi connectivity index (χ1v) is 7.98. The van der Waals surface area contributed by atoms with Crippen LogP contribution in [0.25, 0.3) is 0 Å². The summed E-state index contributed by atoms with van der Waals surface area (Å²) in [6.45, 7) is 4.48. The van der Waals surface area contributed by atoms with Gasteiger partial charge in [0.2, 0.25) is 0 Å². The predicted octanol–water partition coefficient (Wildman–Crippen LogP) is 5.62. The quantitative estimate of drug-likeness (QED) is 0.773. The minimum absolute atomic E-state index is 0.415. The fraction of sp³-hybridized carbons (Fsp3) is 0.375. The van der Waals surface area contributed by atoms with E-state index in [2.05, 4.69) is 49.5 Å². The third-order valence-corrected chi connectivity index (χ3v) is 5.10. The maximum absolute atomic E-state index is 6.12. The van der Waals surface area contributed by atoms with Crippen molar-refractivity contribution in [1.82, 2.24) is 0 Å². The normalized spacial score (nSPS) is 17.8. The van der Waals surface area contributed by atoms with Crippen molar-refractivity contribution in [3.05, 3.63) is 50.7 Å². The van der Waals surface area contributed by atoms with E-state index in [1.165, 1.54) is 28.1 Å². The lowest BCUT2D eigenvalue weighted by molar-refractivity contribution is 0.756. The molecule has 0 fully saturated rings. The van der Waals surface area contributed by atoms with Crippen molar-refractivity contribution in [2.24, 2.45) is 0 Å². The van der Waals surface area contributed by atoms with E-state index in [0.717, 1.165) is 10.8 Å². The smallest absolute Gasteiger partial charge is 0.0934 e. The molecule has 1 unspecified atom stereocenters. The lowest BCUT2D eigenvalue weighted by atomic mass is 10.0. The number of anilines is 1. The number of fused-ring (bicyclic) bond motifs is 1. The zero-order chi connectivity index (χ0) is 13.4. The molecule has 100 valence electrons. The van der Waals surface area contributed by atoms with E-state index in [-0.39, 0.29) is 0 Å². The van der Waals surface area contributed by atoms with Crippen LogP contribution in [0, 0.1) is 0 Å². The lowest BCUT2D eigenvalue weighted by Gasteiger charge is -2.19. The topological polar surface area (TPSA) is 12.0 Å². The molecule has 0 amide bonds. The number of benzene rings is 1. The number of rotatable bonds is 3. The summed E-state index contributed by atoms with van der Waals surface area (Å²) in [6, 6.07) is 11.2. The summed E-state index contributed by atoms with van der Waals surface area (Å²) in [7, 11) is 0. The maximum Gasteiger partial charge on any atom is 0.0934 e. The van der Waals surface area contributed by atoms with Crippen molar-refractivity contribution in [2.75, 3.05) is 5.32 Å². The van der Waals surface area contributed by atoms with E-state index in [0.29, 0.717) is 12.0 Å². The van der Waals surface area contributed by atoms with Crippen LogP contribution in [-0.2, 0) is 6.42 Å². The molecule has 0 aliphatic heterocycles. The molecule has 0 radical (unpaired) electrons. The highest BCUT2D eigenvalue weighted by molar-refractivity contribution is 7.16. The van der Waals surface area contributed by atoms with E-state index >= 15 is 0 Å². The second-order valence-corrected chi connectivity index (χ2v) is 7.17. The molecule has 1 N–H and O–H groups in total. The third kappa shape index (κ3) is 2.52. The van der Waals surface area contributed by atoms with Crippen molar-refractivity contribution < 1.29 is 0 Å². The molecule has 1 heterocycles. The Morgan fingerprint density at radius 2 is 2.11 bits per heavy atom. The van der Waals surface area contributed by atoms with E-state index in [9.17, 15) is 0 Å². The first-order valence-electron chi connectivity index (χ1n) is 6.78. The number of para-hydroxylation sites is 1. The van der Waals surface area contributed by atoms with Gasteiger partial charge in [0.05, 0.1) is 10.4 Å². The van der Waals surface area contributed by atoms with Gasteiger partial charge in [0.25, 0.3) is 0 Å². The Kier molecular flexibility index (Phi) is 3.55. The van der Waals surface area contributed by atoms with Gasteiger partial charge in [-0.15, -0.1) is 11.3 Å². The van der Waals surface area contributed by atoms with E-state index < -0.39 is 0 Å². The van der Waals surface area contributed by atoms with E-state index in [1.54, 1.807) is 11.3 Å². The van der Waals surface area contributed by atoms with Gasteiger partial charge < -0.3 is 5.32 Å². The Labute approximate surface area is 123 Å². The van der Waals surface area contributed by atoms with Gasteiger partial charge in [0.1, 0.15) is 0 Å². The van der Waals surface area contributed by atoms with Crippen molar-refractivity contribution >= 4 is 28.6 Å². The van der Waals surface area contributed by atoms with Crippen LogP contribution < -0.4 is 5.32 Å². The zero-order valence-corrected chi connectivity index (χ0v) is 12.8. The van der Waals surface area contributed by atoms with E-state index in [4.69, 9.17) is 11.6 Å². The molecule has 1 atom stereocenters. The van der Waals surface area contributed by atoms with Crippen molar-refractivity contribution in [1.29, 1.82) is 0 Å². The van der Waals surface area contributed by atoms with Gasteiger partial charge in [0, 0.05) is 10.6 Å². The Balaban J connectivity index is 1.87. The number of hydrogen-bond donors (Lipinski definition) is 1.